The average molecular weight is 249 g/mol. The number of halogens is 1. The fourth-order valence-electron chi connectivity index (χ4n) is 1.46. The number of hydrogen-bond acceptors (Lipinski definition) is 2. The molecule has 1 aromatic heterocycles. The molecule has 0 saturated carbocycles. The van der Waals surface area contributed by atoms with Crippen LogP contribution in [0.3, 0.4) is 0 Å². The molecule has 17 heavy (non-hydrogen) atoms. The summed E-state index contributed by atoms with van der Waals surface area (Å²) in [6, 6.07) is 11.5. The third kappa shape index (κ3) is 3.48. The fourth-order valence-corrected chi connectivity index (χ4v) is 1.58. The number of hydrogen-bond donors (Lipinski definition) is 0. The van der Waals surface area contributed by atoms with Crippen LogP contribution in [0.5, 0.6) is 0 Å². The maximum atomic E-state index is 5.81. The molecule has 0 aliphatic carbocycles. The zero-order valence-corrected chi connectivity index (χ0v) is 10.3. The number of rotatable bonds is 4. The van der Waals surface area contributed by atoms with Gasteiger partial charge >= 0.3 is 0 Å². The lowest BCUT2D eigenvalue weighted by atomic mass is 10.2. The van der Waals surface area contributed by atoms with Gasteiger partial charge in [0.25, 0.3) is 0 Å². The smallest absolute Gasteiger partial charge is 0.130 e. The van der Waals surface area contributed by atoms with Gasteiger partial charge < -0.3 is 9.15 Å². The Hall–Kier alpha value is -1.51. The van der Waals surface area contributed by atoms with Crippen LogP contribution in [0, 0.1) is 0 Å². The zero-order valence-electron chi connectivity index (χ0n) is 9.52. The molecule has 0 unspecified atom stereocenters. The second kappa shape index (κ2) is 5.71. The summed E-state index contributed by atoms with van der Waals surface area (Å²) in [5, 5.41) is 0.738. The summed E-state index contributed by atoms with van der Waals surface area (Å²) in [6.45, 7) is 0.495. The first-order valence-corrected chi connectivity index (χ1v) is 5.67. The summed E-state index contributed by atoms with van der Waals surface area (Å²) in [5.41, 5.74) is 1.08. The van der Waals surface area contributed by atoms with Gasteiger partial charge in [0, 0.05) is 12.1 Å². The van der Waals surface area contributed by atoms with Crippen molar-refractivity contribution >= 4 is 23.8 Å². The van der Waals surface area contributed by atoms with E-state index in [0.717, 1.165) is 22.1 Å². The maximum Gasteiger partial charge on any atom is 0.130 e. The van der Waals surface area contributed by atoms with Gasteiger partial charge in [-0.15, -0.1) is 0 Å². The second-order valence-electron chi connectivity index (χ2n) is 3.62. The molecule has 0 spiro atoms. The van der Waals surface area contributed by atoms with Crippen LogP contribution < -0.4 is 0 Å². The van der Waals surface area contributed by atoms with E-state index in [9.17, 15) is 0 Å². The van der Waals surface area contributed by atoms with Crippen LogP contribution in [-0.2, 0) is 11.3 Å². The van der Waals surface area contributed by atoms with Crippen molar-refractivity contribution in [3.8, 4) is 0 Å². The summed E-state index contributed by atoms with van der Waals surface area (Å²) < 4.78 is 10.5. The maximum absolute atomic E-state index is 5.81. The highest BCUT2D eigenvalue weighted by Gasteiger charge is 1.97. The van der Waals surface area contributed by atoms with Crippen molar-refractivity contribution in [1.82, 2.24) is 0 Å². The van der Waals surface area contributed by atoms with Crippen molar-refractivity contribution in [1.29, 1.82) is 0 Å². The van der Waals surface area contributed by atoms with Gasteiger partial charge in [-0.05, 0) is 35.9 Å². The Bertz CT molecular complexity index is 497. The van der Waals surface area contributed by atoms with Crippen LogP contribution >= 0.6 is 11.6 Å². The average Bonchev–Trinajstić information content (AvgIpc) is 2.77. The molecule has 1 aromatic carbocycles. The van der Waals surface area contributed by atoms with Gasteiger partial charge in [-0.2, -0.15) is 0 Å². The Balaban J connectivity index is 2.06. The van der Waals surface area contributed by atoms with Gasteiger partial charge in [0.05, 0.1) is 0 Å². The highest BCUT2D eigenvalue weighted by Crippen LogP contribution is 2.14. The molecule has 0 aliphatic rings. The zero-order chi connectivity index (χ0) is 12.1. The largest absolute Gasteiger partial charge is 0.459 e. The molecule has 0 aliphatic heterocycles. The van der Waals surface area contributed by atoms with Crippen molar-refractivity contribution in [2.24, 2.45) is 0 Å². The van der Waals surface area contributed by atoms with E-state index in [0.29, 0.717) is 6.61 Å². The lowest BCUT2D eigenvalue weighted by Crippen LogP contribution is -1.81. The molecule has 0 atom stereocenters. The number of methoxy groups -OCH3 is 1. The first-order chi connectivity index (χ1) is 8.28. The Morgan fingerprint density at radius 2 is 1.88 bits per heavy atom. The molecule has 3 heteroatoms. The van der Waals surface area contributed by atoms with Crippen LogP contribution in [0.2, 0.25) is 5.02 Å². The van der Waals surface area contributed by atoms with Crippen molar-refractivity contribution in [2.75, 3.05) is 7.11 Å². The molecular formula is C14H13ClO2. The van der Waals surface area contributed by atoms with E-state index in [-0.39, 0.29) is 0 Å². The van der Waals surface area contributed by atoms with Crippen LogP contribution in [-0.4, -0.2) is 7.11 Å². The minimum absolute atomic E-state index is 0.495. The summed E-state index contributed by atoms with van der Waals surface area (Å²) in [7, 11) is 1.64. The van der Waals surface area contributed by atoms with E-state index in [1.54, 1.807) is 7.11 Å². The first-order valence-electron chi connectivity index (χ1n) is 5.29. The van der Waals surface area contributed by atoms with Crippen LogP contribution in [0.4, 0.5) is 0 Å². The van der Waals surface area contributed by atoms with Crippen LogP contribution in [0.15, 0.2) is 40.8 Å². The quantitative estimate of drug-likeness (QED) is 0.807. The molecule has 0 radical (unpaired) electrons. The van der Waals surface area contributed by atoms with Crippen LogP contribution in [0.1, 0.15) is 17.1 Å². The van der Waals surface area contributed by atoms with E-state index < -0.39 is 0 Å². The summed E-state index contributed by atoms with van der Waals surface area (Å²) in [4.78, 5) is 0. The highest BCUT2D eigenvalue weighted by atomic mass is 35.5. The summed E-state index contributed by atoms with van der Waals surface area (Å²) in [6.07, 6.45) is 3.90. The van der Waals surface area contributed by atoms with Gasteiger partial charge in [-0.1, -0.05) is 29.8 Å². The van der Waals surface area contributed by atoms with Gasteiger partial charge in [0.15, 0.2) is 0 Å². The Morgan fingerprint density at radius 1 is 1.12 bits per heavy atom. The molecule has 0 saturated heterocycles. The van der Waals surface area contributed by atoms with E-state index >= 15 is 0 Å². The molecule has 1 heterocycles. The molecule has 2 rings (SSSR count). The normalized spacial score (nSPS) is 11.2. The predicted molar refractivity (Wildman–Crippen MR) is 69.8 cm³/mol. The monoisotopic (exact) mass is 248 g/mol. The minimum atomic E-state index is 0.495. The Morgan fingerprint density at radius 3 is 2.59 bits per heavy atom. The molecule has 0 N–H and O–H groups in total. The topological polar surface area (TPSA) is 22.4 Å². The molecule has 0 bridgehead atoms. The SMILES string of the molecule is COCc1ccc(/C=C/c2ccc(Cl)cc2)o1. The minimum Gasteiger partial charge on any atom is -0.459 e. The first kappa shape index (κ1) is 12.0. The van der Waals surface area contributed by atoms with Gasteiger partial charge in [0.2, 0.25) is 0 Å². The standard InChI is InChI=1S/C14H13ClO2/c1-16-10-14-9-8-13(17-14)7-4-11-2-5-12(15)6-3-11/h2-9H,10H2,1H3/b7-4+. The molecule has 2 nitrogen and oxygen atoms in total. The van der Waals surface area contributed by atoms with E-state index in [1.807, 2.05) is 48.6 Å². The fraction of sp³-hybridized carbons (Fsp3) is 0.143. The van der Waals surface area contributed by atoms with Gasteiger partial charge in [-0.25, -0.2) is 0 Å². The van der Waals surface area contributed by atoms with Crippen molar-refractivity contribution < 1.29 is 9.15 Å². The molecular weight excluding hydrogens is 236 g/mol. The Kier molecular flexibility index (Phi) is 4.02. The van der Waals surface area contributed by atoms with Gasteiger partial charge in [0.1, 0.15) is 18.1 Å². The third-order valence-electron chi connectivity index (χ3n) is 2.28. The van der Waals surface area contributed by atoms with Crippen molar-refractivity contribution in [2.45, 2.75) is 6.61 Å². The van der Waals surface area contributed by atoms with Crippen molar-refractivity contribution in [3.63, 3.8) is 0 Å². The molecule has 0 fully saturated rings. The lowest BCUT2D eigenvalue weighted by molar-refractivity contribution is 0.164. The number of benzene rings is 1. The number of ether oxygens (including phenoxy) is 1. The molecule has 2 aromatic rings. The molecule has 88 valence electrons. The summed E-state index contributed by atoms with van der Waals surface area (Å²) >= 11 is 5.81. The molecule has 0 amide bonds. The van der Waals surface area contributed by atoms with Gasteiger partial charge in [-0.3, -0.25) is 0 Å². The van der Waals surface area contributed by atoms with Crippen LogP contribution in [0.25, 0.3) is 12.2 Å². The van der Waals surface area contributed by atoms with E-state index in [2.05, 4.69) is 0 Å². The third-order valence-corrected chi connectivity index (χ3v) is 2.53. The highest BCUT2D eigenvalue weighted by molar-refractivity contribution is 6.30. The van der Waals surface area contributed by atoms with Crippen molar-refractivity contribution in [3.05, 3.63) is 58.5 Å². The summed E-state index contributed by atoms with van der Waals surface area (Å²) in [5.74, 6) is 1.63. The number of furan rings is 1. The van der Waals surface area contributed by atoms with E-state index in [1.165, 1.54) is 0 Å². The predicted octanol–water partition coefficient (Wildman–Crippen LogP) is 4.25. The Labute approximate surface area is 105 Å². The lowest BCUT2D eigenvalue weighted by Gasteiger charge is -1.93. The second-order valence-corrected chi connectivity index (χ2v) is 4.06. The van der Waals surface area contributed by atoms with E-state index in [4.69, 9.17) is 20.8 Å².